The van der Waals surface area contributed by atoms with Gasteiger partial charge in [-0.05, 0) is 31.2 Å². The molecule has 0 spiro atoms. The molecule has 134 valence electrons. The van der Waals surface area contributed by atoms with Crippen molar-refractivity contribution in [3.63, 3.8) is 0 Å². The second kappa shape index (κ2) is 6.53. The zero-order chi connectivity index (χ0) is 18.3. The fourth-order valence-corrected chi connectivity index (χ4v) is 4.47. The molecule has 1 amide bonds. The van der Waals surface area contributed by atoms with Gasteiger partial charge in [-0.1, -0.05) is 0 Å². The second-order valence-corrected chi connectivity index (χ2v) is 7.23. The Morgan fingerprint density at radius 2 is 2.08 bits per heavy atom. The molecule has 7 nitrogen and oxygen atoms in total. The van der Waals surface area contributed by atoms with Crippen LogP contribution in [0, 0.1) is 6.92 Å². The molecule has 0 unspecified atom stereocenters. The number of methoxy groups -OCH3 is 1. The quantitative estimate of drug-likeness (QED) is 0.741. The number of carbonyl (C=O) groups is 1. The van der Waals surface area contributed by atoms with Crippen LogP contribution in [-0.2, 0) is 11.8 Å². The number of nitrogens with one attached hydrogen (secondary N) is 2. The standard InChI is InChI=1S/C18H19N5O2S/c1-10-15-17(26-9-14(24)20-18(15)23(2)22-10)13-8-19-21-16(13)11-4-6-12(25-3)7-5-11/h4-8,17H,9H2,1-3H3,(H,19,21)(H,20,24)/t17-/m0/s1. The summed E-state index contributed by atoms with van der Waals surface area (Å²) >= 11 is 1.59. The first-order valence-electron chi connectivity index (χ1n) is 8.21. The van der Waals surface area contributed by atoms with E-state index in [9.17, 15) is 4.79 Å². The molecule has 3 aromatic rings. The molecule has 0 saturated carbocycles. The van der Waals surface area contributed by atoms with Crippen molar-refractivity contribution in [2.75, 3.05) is 18.2 Å². The summed E-state index contributed by atoms with van der Waals surface area (Å²) in [5.74, 6) is 1.92. The third-order valence-electron chi connectivity index (χ3n) is 4.50. The van der Waals surface area contributed by atoms with Crippen LogP contribution < -0.4 is 10.1 Å². The van der Waals surface area contributed by atoms with Gasteiger partial charge in [0.15, 0.2) is 0 Å². The number of ether oxygens (including phenoxy) is 1. The molecule has 4 rings (SSSR count). The van der Waals surface area contributed by atoms with Gasteiger partial charge in [0.05, 0.1) is 35.7 Å². The van der Waals surface area contributed by atoms with Crippen molar-refractivity contribution in [2.24, 2.45) is 7.05 Å². The van der Waals surface area contributed by atoms with Gasteiger partial charge in [0.2, 0.25) is 5.91 Å². The van der Waals surface area contributed by atoms with E-state index in [0.717, 1.165) is 39.6 Å². The molecule has 1 atom stereocenters. The van der Waals surface area contributed by atoms with Crippen molar-refractivity contribution in [3.05, 3.63) is 47.3 Å². The molecule has 26 heavy (non-hydrogen) atoms. The Morgan fingerprint density at radius 1 is 1.31 bits per heavy atom. The predicted molar refractivity (Wildman–Crippen MR) is 101 cm³/mol. The fraction of sp³-hybridized carbons (Fsp3) is 0.278. The van der Waals surface area contributed by atoms with Gasteiger partial charge in [0.1, 0.15) is 11.6 Å². The van der Waals surface area contributed by atoms with E-state index in [1.165, 1.54) is 0 Å². The molecule has 1 aliphatic rings. The van der Waals surface area contributed by atoms with Gasteiger partial charge in [0, 0.05) is 23.7 Å². The number of hydrogen-bond donors (Lipinski definition) is 2. The number of benzene rings is 1. The molecule has 0 bridgehead atoms. The smallest absolute Gasteiger partial charge is 0.235 e. The van der Waals surface area contributed by atoms with Crippen LogP contribution in [0.1, 0.15) is 22.1 Å². The lowest BCUT2D eigenvalue weighted by Crippen LogP contribution is -2.15. The first kappa shape index (κ1) is 16.7. The van der Waals surface area contributed by atoms with Crippen LogP contribution in [0.25, 0.3) is 11.3 Å². The van der Waals surface area contributed by atoms with Crippen molar-refractivity contribution in [1.29, 1.82) is 0 Å². The summed E-state index contributed by atoms with van der Waals surface area (Å²) in [5.41, 5.74) is 4.93. The van der Waals surface area contributed by atoms with Gasteiger partial charge in [-0.25, -0.2) is 0 Å². The van der Waals surface area contributed by atoms with Gasteiger partial charge >= 0.3 is 0 Å². The number of H-pyrrole nitrogens is 1. The largest absolute Gasteiger partial charge is 0.497 e. The minimum atomic E-state index is -0.0338. The number of thioether (sulfide) groups is 1. The van der Waals surface area contributed by atoms with Gasteiger partial charge in [0.25, 0.3) is 0 Å². The Morgan fingerprint density at radius 3 is 2.81 bits per heavy atom. The SMILES string of the molecule is COc1ccc(-c2[nH]ncc2[C@@H]2SCC(=O)Nc3c2c(C)nn3C)cc1. The Bertz CT molecular complexity index is 961. The number of aromatic amines is 1. The number of anilines is 1. The van der Waals surface area contributed by atoms with Crippen molar-refractivity contribution in [2.45, 2.75) is 12.2 Å². The number of aryl methyl sites for hydroxylation is 2. The molecular weight excluding hydrogens is 350 g/mol. The Balaban J connectivity index is 1.81. The minimum Gasteiger partial charge on any atom is -0.497 e. The van der Waals surface area contributed by atoms with Crippen molar-refractivity contribution < 1.29 is 9.53 Å². The van der Waals surface area contributed by atoms with E-state index in [4.69, 9.17) is 4.74 Å². The van der Waals surface area contributed by atoms with Crippen LogP contribution >= 0.6 is 11.8 Å². The van der Waals surface area contributed by atoms with E-state index in [1.807, 2.05) is 44.4 Å². The normalized spacial score (nSPS) is 16.7. The number of aromatic nitrogens is 4. The number of carbonyl (C=O) groups excluding carboxylic acids is 1. The van der Waals surface area contributed by atoms with E-state index in [2.05, 4.69) is 20.6 Å². The Labute approximate surface area is 155 Å². The summed E-state index contributed by atoms with van der Waals surface area (Å²) in [6, 6.07) is 7.84. The van der Waals surface area contributed by atoms with Crippen LogP contribution in [0.4, 0.5) is 5.82 Å². The Hall–Kier alpha value is -2.74. The van der Waals surface area contributed by atoms with E-state index in [1.54, 1.807) is 23.6 Å². The number of fused-ring (bicyclic) bond motifs is 1. The molecule has 1 aromatic carbocycles. The molecule has 8 heteroatoms. The summed E-state index contributed by atoms with van der Waals surface area (Å²) < 4.78 is 6.97. The van der Waals surface area contributed by atoms with Crippen molar-refractivity contribution in [3.8, 4) is 17.0 Å². The third kappa shape index (κ3) is 2.76. The van der Waals surface area contributed by atoms with Crippen LogP contribution in [0.2, 0.25) is 0 Å². The highest BCUT2D eigenvalue weighted by atomic mass is 32.2. The van der Waals surface area contributed by atoms with E-state index in [0.29, 0.717) is 5.75 Å². The monoisotopic (exact) mass is 369 g/mol. The number of nitrogens with zero attached hydrogens (tertiary/aromatic N) is 3. The summed E-state index contributed by atoms with van der Waals surface area (Å²) in [6.45, 7) is 1.97. The van der Waals surface area contributed by atoms with Crippen molar-refractivity contribution in [1.82, 2.24) is 20.0 Å². The number of amides is 1. The molecule has 1 aliphatic heterocycles. The predicted octanol–water partition coefficient (Wildman–Crippen LogP) is 2.90. The maximum absolute atomic E-state index is 12.1. The first-order valence-corrected chi connectivity index (χ1v) is 9.26. The van der Waals surface area contributed by atoms with Crippen LogP contribution in [0.3, 0.4) is 0 Å². The Kier molecular flexibility index (Phi) is 4.20. The van der Waals surface area contributed by atoms with Gasteiger partial charge in [-0.2, -0.15) is 10.2 Å². The molecule has 0 radical (unpaired) electrons. The average Bonchev–Trinajstić information content (AvgIpc) is 3.17. The summed E-state index contributed by atoms with van der Waals surface area (Å²) in [5, 5.41) is 14.8. The third-order valence-corrected chi connectivity index (χ3v) is 5.75. The van der Waals surface area contributed by atoms with E-state index >= 15 is 0 Å². The molecule has 2 aromatic heterocycles. The second-order valence-electron chi connectivity index (χ2n) is 6.14. The summed E-state index contributed by atoms with van der Waals surface area (Å²) in [4.78, 5) is 12.1. The fourth-order valence-electron chi connectivity index (χ4n) is 3.28. The number of rotatable bonds is 3. The van der Waals surface area contributed by atoms with E-state index < -0.39 is 0 Å². The molecular formula is C18H19N5O2S. The highest BCUT2D eigenvalue weighted by molar-refractivity contribution is 8.00. The van der Waals surface area contributed by atoms with Gasteiger partial charge in [-0.3, -0.25) is 14.6 Å². The average molecular weight is 369 g/mol. The topological polar surface area (TPSA) is 84.8 Å². The van der Waals surface area contributed by atoms with Gasteiger partial charge < -0.3 is 10.1 Å². The maximum Gasteiger partial charge on any atom is 0.235 e. The highest BCUT2D eigenvalue weighted by Gasteiger charge is 2.31. The zero-order valence-corrected chi connectivity index (χ0v) is 15.6. The molecule has 0 aliphatic carbocycles. The van der Waals surface area contributed by atoms with E-state index in [-0.39, 0.29) is 11.2 Å². The lowest BCUT2D eigenvalue weighted by atomic mass is 10.0. The lowest BCUT2D eigenvalue weighted by Gasteiger charge is -2.15. The highest BCUT2D eigenvalue weighted by Crippen LogP contribution is 2.45. The summed E-state index contributed by atoms with van der Waals surface area (Å²) in [6.07, 6.45) is 1.84. The molecule has 3 heterocycles. The molecule has 0 saturated heterocycles. The minimum absolute atomic E-state index is 0.0174. The zero-order valence-electron chi connectivity index (χ0n) is 14.7. The maximum atomic E-state index is 12.1. The summed E-state index contributed by atoms with van der Waals surface area (Å²) in [7, 11) is 3.49. The molecule has 0 fully saturated rings. The van der Waals surface area contributed by atoms with Crippen LogP contribution in [-0.4, -0.2) is 38.7 Å². The molecule has 2 N–H and O–H groups in total. The number of hydrogen-bond acceptors (Lipinski definition) is 5. The van der Waals surface area contributed by atoms with Gasteiger partial charge in [-0.15, -0.1) is 11.8 Å². The van der Waals surface area contributed by atoms with Crippen LogP contribution in [0.15, 0.2) is 30.5 Å². The lowest BCUT2D eigenvalue weighted by molar-refractivity contribution is -0.113. The van der Waals surface area contributed by atoms with Crippen LogP contribution in [0.5, 0.6) is 5.75 Å². The van der Waals surface area contributed by atoms with Crippen molar-refractivity contribution >= 4 is 23.5 Å². The first-order chi connectivity index (χ1) is 12.6.